The number of ketones is 2. The Bertz CT molecular complexity index is 1220. The molecule has 2 rings (SSSR count). The molecule has 0 aromatic heterocycles. The van der Waals surface area contributed by atoms with Crippen molar-refractivity contribution in [3.8, 4) is 0 Å². The van der Waals surface area contributed by atoms with Gasteiger partial charge in [0, 0.05) is 24.3 Å². The molecule has 10 heteroatoms. The van der Waals surface area contributed by atoms with E-state index in [0.29, 0.717) is 29.4 Å². The van der Waals surface area contributed by atoms with Crippen molar-refractivity contribution in [2.75, 3.05) is 6.61 Å². The molecule has 0 saturated heterocycles. The van der Waals surface area contributed by atoms with Gasteiger partial charge in [-0.15, -0.1) is 0 Å². The zero-order valence-corrected chi connectivity index (χ0v) is 21.6. The Hall–Kier alpha value is -4.44. The van der Waals surface area contributed by atoms with E-state index in [0.717, 1.165) is 0 Å². The highest BCUT2D eigenvalue weighted by molar-refractivity contribution is 6.42. The van der Waals surface area contributed by atoms with Crippen LogP contribution < -0.4 is 10.6 Å². The molecule has 4 N–H and O–H groups in total. The number of aldehydes is 1. The van der Waals surface area contributed by atoms with Gasteiger partial charge in [-0.2, -0.15) is 0 Å². The van der Waals surface area contributed by atoms with E-state index >= 15 is 0 Å². The lowest BCUT2D eigenvalue weighted by Crippen LogP contribution is -2.42. The molecule has 10 nitrogen and oxygen atoms in total. The van der Waals surface area contributed by atoms with Gasteiger partial charge in [-0.25, -0.2) is 0 Å². The number of carbonyl (C=O) groups excluding carboxylic acids is 5. The van der Waals surface area contributed by atoms with Gasteiger partial charge in [0.25, 0.3) is 5.91 Å². The Morgan fingerprint density at radius 2 is 1.59 bits per heavy atom. The van der Waals surface area contributed by atoms with Crippen LogP contribution in [0.5, 0.6) is 0 Å². The van der Waals surface area contributed by atoms with E-state index < -0.39 is 60.4 Å². The smallest absolute Gasteiger partial charge is 0.305 e. The first kappa shape index (κ1) is 30.8. The molecule has 0 radical (unpaired) electrons. The normalized spacial score (nSPS) is 12.9. The van der Waals surface area contributed by atoms with Gasteiger partial charge in [0.05, 0.1) is 18.5 Å². The van der Waals surface area contributed by atoms with Crippen LogP contribution in [0.4, 0.5) is 0 Å². The lowest BCUT2D eigenvalue weighted by molar-refractivity contribution is -0.138. The van der Waals surface area contributed by atoms with Crippen molar-refractivity contribution in [2.45, 2.75) is 50.6 Å². The van der Waals surface area contributed by atoms with Crippen LogP contribution >= 0.6 is 0 Å². The molecule has 2 aromatic rings. The predicted octanol–water partition coefficient (Wildman–Crippen LogP) is 1.76. The number of carboxylic acids is 1. The van der Waals surface area contributed by atoms with Crippen molar-refractivity contribution < 1.29 is 39.0 Å². The van der Waals surface area contributed by atoms with E-state index in [1.54, 1.807) is 49.4 Å². The molecule has 39 heavy (non-hydrogen) atoms. The molecule has 0 aliphatic rings. The number of carboxylic acid groups (broad SMARTS) is 1. The van der Waals surface area contributed by atoms with Crippen LogP contribution in [0.15, 0.2) is 66.7 Å². The lowest BCUT2D eigenvalue weighted by Gasteiger charge is -2.28. The second-order valence-electron chi connectivity index (χ2n) is 8.94. The van der Waals surface area contributed by atoms with E-state index in [4.69, 9.17) is 5.11 Å². The number of hydrogen-bond acceptors (Lipinski definition) is 7. The quantitative estimate of drug-likeness (QED) is 0.109. The molecular weight excluding hydrogens is 504 g/mol. The number of Topliss-reactive ketones (excluding diaryl/α,β-unsaturated/α-hetero) is 2. The Labute approximate surface area is 226 Å². The summed E-state index contributed by atoms with van der Waals surface area (Å²) in [7, 11) is 0. The second-order valence-corrected chi connectivity index (χ2v) is 8.94. The minimum atomic E-state index is -1.27. The standard InChI is InChI=1S/C29H32N2O8/c1-3-25(31-29(39)28(38)19-9-5-4-6-10-19)18(2)24(15-26(35)30-21(16-32)14-27(36)37)23-12-8-7-11-20(23)13-22(34)17-33/h4-12,16,21,24-25,33H,2-3,13-15,17H2,1H3,(H,30,35)(H,31,39)(H,36,37)/t21-,24?,25-/m0/s1. The summed E-state index contributed by atoms with van der Waals surface area (Å²) in [4.78, 5) is 72.7. The average Bonchev–Trinajstić information content (AvgIpc) is 2.93. The number of carbonyl (C=O) groups is 6. The summed E-state index contributed by atoms with van der Waals surface area (Å²) in [6, 6.07) is 12.7. The van der Waals surface area contributed by atoms with Gasteiger partial charge in [-0.05, 0) is 23.1 Å². The first-order chi connectivity index (χ1) is 18.6. The number of aliphatic carboxylic acids is 1. The summed E-state index contributed by atoms with van der Waals surface area (Å²) in [5.41, 5.74) is 1.63. The van der Waals surface area contributed by atoms with Crippen molar-refractivity contribution in [3.05, 3.63) is 83.4 Å². The zero-order chi connectivity index (χ0) is 28.9. The zero-order valence-electron chi connectivity index (χ0n) is 21.6. The number of rotatable bonds is 16. The molecule has 2 aromatic carbocycles. The molecule has 2 amide bonds. The highest BCUT2D eigenvalue weighted by atomic mass is 16.4. The summed E-state index contributed by atoms with van der Waals surface area (Å²) >= 11 is 0. The molecule has 206 valence electrons. The fourth-order valence-electron chi connectivity index (χ4n) is 4.16. The van der Waals surface area contributed by atoms with Crippen LogP contribution in [0, 0.1) is 0 Å². The van der Waals surface area contributed by atoms with Crippen molar-refractivity contribution >= 4 is 35.6 Å². The SMILES string of the molecule is C=C(C(CC(=O)N[C@H](C=O)CC(=O)O)c1ccccc1CC(=O)CO)[C@H](CC)NC(=O)C(=O)c1ccccc1. The summed E-state index contributed by atoms with van der Waals surface area (Å²) in [5.74, 6) is -4.76. The van der Waals surface area contributed by atoms with Crippen molar-refractivity contribution in [2.24, 2.45) is 0 Å². The van der Waals surface area contributed by atoms with Gasteiger partial charge in [-0.3, -0.25) is 24.0 Å². The number of amides is 2. The molecule has 0 spiro atoms. The minimum Gasteiger partial charge on any atom is -0.481 e. The number of hydrogen-bond donors (Lipinski definition) is 4. The third-order valence-corrected chi connectivity index (χ3v) is 6.14. The number of aliphatic hydroxyl groups excluding tert-OH is 1. The molecule has 0 aliphatic carbocycles. The molecule has 0 aliphatic heterocycles. The van der Waals surface area contributed by atoms with Crippen LogP contribution in [0.2, 0.25) is 0 Å². The van der Waals surface area contributed by atoms with E-state index in [2.05, 4.69) is 17.2 Å². The maximum absolute atomic E-state index is 12.9. The fourth-order valence-corrected chi connectivity index (χ4v) is 4.16. The molecule has 0 heterocycles. The first-order valence-electron chi connectivity index (χ1n) is 12.4. The van der Waals surface area contributed by atoms with Gasteiger partial charge < -0.3 is 25.6 Å². The number of nitrogens with one attached hydrogen (secondary N) is 2. The predicted molar refractivity (Wildman–Crippen MR) is 142 cm³/mol. The van der Waals surface area contributed by atoms with Gasteiger partial charge in [-0.1, -0.05) is 68.1 Å². The third kappa shape index (κ3) is 9.11. The maximum Gasteiger partial charge on any atom is 0.305 e. The highest BCUT2D eigenvalue weighted by Crippen LogP contribution is 2.33. The van der Waals surface area contributed by atoms with E-state index in [9.17, 15) is 33.9 Å². The topological polar surface area (TPSA) is 167 Å². The Kier molecular flexibility index (Phi) is 11.9. The largest absolute Gasteiger partial charge is 0.481 e. The molecule has 3 atom stereocenters. The highest BCUT2D eigenvalue weighted by Gasteiger charge is 2.29. The van der Waals surface area contributed by atoms with Crippen molar-refractivity contribution in [1.29, 1.82) is 0 Å². The summed E-state index contributed by atoms with van der Waals surface area (Å²) in [6.07, 6.45) is -0.361. The Balaban J connectivity index is 2.39. The third-order valence-electron chi connectivity index (χ3n) is 6.14. The van der Waals surface area contributed by atoms with Gasteiger partial charge in [0.15, 0.2) is 5.78 Å². The van der Waals surface area contributed by atoms with Crippen LogP contribution in [-0.2, 0) is 30.4 Å². The van der Waals surface area contributed by atoms with Crippen LogP contribution in [0.1, 0.15) is 53.6 Å². The lowest BCUT2D eigenvalue weighted by atomic mass is 9.81. The number of benzene rings is 2. The molecule has 0 fully saturated rings. The average molecular weight is 537 g/mol. The van der Waals surface area contributed by atoms with Crippen molar-refractivity contribution in [1.82, 2.24) is 10.6 Å². The van der Waals surface area contributed by atoms with Crippen LogP contribution in [0.25, 0.3) is 0 Å². The molecule has 0 saturated carbocycles. The summed E-state index contributed by atoms with van der Waals surface area (Å²) in [6.45, 7) is 5.21. The van der Waals surface area contributed by atoms with Crippen LogP contribution in [0.3, 0.4) is 0 Å². The number of aliphatic hydroxyl groups is 1. The summed E-state index contributed by atoms with van der Waals surface area (Å²) in [5, 5.41) is 23.3. The fraction of sp³-hybridized carbons (Fsp3) is 0.310. The Morgan fingerprint density at radius 1 is 0.949 bits per heavy atom. The summed E-state index contributed by atoms with van der Waals surface area (Å²) < 4.78 is 0. The van der Waals surface area contributed by atoms with Crippen molar-refractivity contribution in [3.63, 3.8) is 0 Å². The van der Waals surface area contributed by atoms with E-state index in [1.165, 1.54) is 12.1 Å². The van der Waals surface area contributed by atoms with Crippen LogP contribution in [-0.4, -0.2) is 64.5 Å². The minimum absolute atomic E-state index is 0.121. The van der Waals surface area contributed by atoms with E-state index in [-0.39, 0.29) is 18.4 Å². The first-order valence-corrected chi connectivity index (χ1v) is 12.4. The van der Waals surface area contributed by atoms with Gasteiger partial charge >= 0.3 is 5.97 Å². The maximum atomic E-state index is 12.9. The van der Waals surface area contributed by atoms with E-state index in [1.807, 2.05) is 0 Å². The monoisotopic (exact) mass is 536 g/mol. The van der Waals surface area contributed by atoms with Gasteiger partial charge in [0.2, 0.25) is 11.7 Å². The Morgan fingerprint density at radius 3 is 2.18 bits per heavy atom. The molecular formula is C29H32N2O8. The molecule has 0 bridgehead atoms. The van der Waals surface area contributed by atoms with Gasteiger partial charge in [0.1, 0.15) is 12.9 Å². The second kappa shape index (κ2) is 15.1. The molecule has 1 unspecified atom stereocenters.